The molecule has 1 N–H and O–H groups in total. The van der Waals surface area contributed by atoms with Crippen LogP contribution in [0.3, 0.4) is 0 Å². The van der Waals surface area contributed by atoms with E-state index in [1.54, 1.807) is 0 Å². The lowest BCUT2D eigenvalue weighted by atomic mass is 9.97. The van der Waals surface area contributed by atoms with Gasteiger partial charge in [-0.1, -0.05) is 24.3 Å². The summed E-state index contributed by atoms with van der Waals surface area (Å²) in [6, 6.07) is 8.46. The van der Waals surface area contributed by atoms with Crippen LogP contribution in [0.2, 0.25) is 0 Å². The molecule has 1 unspecified atom stereocenters. The quantitative estimate of drug-likeness (QED) is 0.817. The summed E-state index contributed by atoms with van der Waals surface area (Å²) in [6.07, 6.45) is 2.68. The second-order valence-corrected chi connectivity index (χ2v) is 6.70. The molecule has 1 aliphatic carbocycles. The van der Waals surface area contributed by atoms with Gasteiger partial charge in [0.1, 0.15) is 0 Å². The first kappa shape index (κ1) is 17.4. The summed E-state index contributed by atoms with van der Waals surface area (Å²) in [6.45, 7) is 5.39. The smallest absolute Gasteiger partial charge is 0.223 e. The molecule has 1 heterocycles. The minimum absolute atomic E-state index is 0.0239. The Morgan fingerprint density at radius 2 is 2.04 bits per heavy atom. The van der Waals surface area contributed by atoms with Gasteiger partial charge in [0.05, 0.1) is 19.8 Å². The lowest BCUT2D eigenvalue weighted by Gasteiger charge is -2.30. The van der Waals surface area contributed by atoms with Crippen LogP contribution in [0.4, 0.5) is 0 Å². The molecular formula is C19H28N2O3. The second-order valence-electron chi connectivity index (χ2n) is 6.70. The fourth-order valence-electron chi connectivity index (χ4n) is 3.77. The van der Waals surface area contributed by atoms with E-state index in [0.29, 0.717) is 25.4 Å². The molecule has 0 spiro atoms. The highest BCUT2D eigenvalue weighted by molar-refractivity contribution is 5.77. The van der Waals surface area contributed by atoms with Crippen LogP contribution in [0.1, 0.15) is 29.9 Å². The van der Waals surface area contributed by atoms with Crippen molar-refractivity contribution in [2.75, 3.05) is 52.5 Å². The van der Waals surface area contributed by atoms with Crippen LogP contribution < -0.4 is 0 Å². The number of carbonyl (C=O) groups excluding carboxylic acids is 1. The second kappa shape index (κ2) is 8.60. The van der Waals surface area contributed by atoms with E-state index in [2.05, 4.69) is 29.2 Å². The van der Waals surface area contributed by atoms with E-state index in [4.69, 9.17) is 4.74 Å². The van der Waals surface area contributed by atoms with Gasteiger partial charge in [-0.2, -0.15) is 0 Å². The predicted octanol–water partition coefficient (Wildman–Crippen LogP) is 1.26. The van der Waals surface area contributed by atoms with Crippen LogP contribution in [0.25, 0.3) is 0 Å². The van der Waals surface area contributed by atoms with Crippen molar-refractivity contribution in [1.29, 1.82) is 0 Å². The minimum atomic E-state index is 0.0239. The number of amides is 1. The molecule has 1 fully saturated rings. The van der Waals surface area contributed by atoms with E-state index in [9.17, 15) is 9.90 Å². The molecule has 0 saturated carbocycles. The third-order valence-corrected chi connectivity index (χ3v) is 5.19. The lowest BCUT2D eigenvalue weighted by molar-refractivity contribution is -0.132. The van der Waals surface area contributed by atoms with Gasteiger partial charge in [0.15, 0.2) is 0 Å². The Balaban J connectivity index is 1.54. The molecular weight excluding hydrogens is 304 g/mol. The molecule has 0 radical (unpaired) electrons. The molecule has 2 aliphatic rings. The average Bonchev–Trinajstić information content (AvgIpc) is 3.02. The fraction of sp³-hybridized carbons (Fsp3) is 0.632. The van der Waals surface area contributed by atoms with Crippen molar-refractivity contribution in [3.05, 3.63) is 35.4 Å². The van der Waals surface area contributed by atoms with Crippen LogP contribution in [-0.4, -0.2) is 73.4 Å². The Bertz CT molecular complexity index is 543. The first-order valence-electron chi connectivity index (χ1n) is 9.04. The van der Waals surface area contributed by atoms with Gasteiger partial charge in [0, 0.05) is 39.1 Å². The highest BCUT2D eigenvalue weighted by Crippen LogP contribution is 2.35. The molecule has 5 nitrogen and oxygen atoms in total. The lowest BCUT2D eigenvalue weighted by Crippen LogP contribution is -2.44. The normalized spacial score (nSPS) is 20.8. The van der Waals surface area contributed by atoms with Gasteiger partial charge in [-0.3, -0.25) is 9.69 Å². The summed E-state index contributed by atoms with van der Waals surface area (Å²) < 4.78 is 5.36. The van der Waals surface area contributed by atoms with Crippen molar-refractivity contribution in [2.45, 2.75) is 25.2 Å². The molecule has 3 rings (SSSR count). The Labute approximate surface area is 144 Å². The largest absolute Gasteiger partial charge is 0.395 e. The number of aliphatic hydroxyl groups excluding tert-OH is 1. The summed E-state index contributed by atoms with van der Waals surface area (Å²) in [7, 11) is 0. The van der Waals surface area contributed by atoms with Crippen LogP contribution in [0.5, 0.6) is 0 Å². The summed E-state index contributed by atoms with van der Waals surface area (Å²) >= 11 is 0. The van der Waals surface area contributed by atoms with Gasteiger partial charge >= 0.3 is 0 Å². The number of carbonyl (C=O) groups is 1. The van der Waals surface area contributed by atoms with Crippen LogP contribution in [0, 0.1) is 0 Å². The number of ether oxygens (including phenoxy) is 1. The number of aryl methyl sites for hydroxylation is 1. The van der Waals surface area contributed by atoms with Crippen molar-refractivity contribution >= 4 is 5.91 Å². The molecule has 1 aromatic carbocycles. The van der Waals surface area contributed by atoms with Gasteiger partial charge in [0.25, 0.3) is 0 Å². The average molecular weight is 332 g/mol. The van der Waals surface area contributed by atoms with Crippen molar-refractivity contribution in [3.8, 4) is 0 Å². The number of morpholine rings is 1. The van der Waals surface area contributed by atoms with Crippen molar-refractivity contribution in [3.63, 3.8) is 0 Å². The molecule has 24 heavy (non-hydrogen) atoms. The zero-order valence-electron chi connectivity index (χ0n) is 14.3. The molecule has 1 atom stereocenters. The zero-order chi connectivity index (χ0) is 16.8. The molecule has 1 saturated heterocycles. The molecule has 0 aromatic heterocycles. The zero-order valence-corrected chi connectivity index (χ0v) is 14.3. The number of nitrogens with zero attached hydrogens (tertiary/aromatic N) is 2. The summed E-state index contributed by atoms with van der Waals surface area (Å²) in [5, 5.41) is 9.31. The Morgan fingerprint density at radius 3 is 2.83 bits per heavy atom. The van der Waals surface area contributed by atoms with Gasteiger partial charge in [-0.25, -0.2) is 0 Å². The van der Waals surface area contributed by atoms with E-state index in [-0.39, 0.29) is 12.5 Å². The highest BCUT2D eigenvalue weighted by atomic mass is 16.5. The third-order valence-electron chi connectivity index (χ3n) is 5.19. The third kappa shape index (κ3) is 4.35. The number of benzene rings is 1. The first-order chi connectivity index (χ1) is 11.8. The van der Waals surface area contributed by atoms with E-state index in [1.165, 1.54) is 11.1 Å². The molecule has 5 heteroatoms. The summed E-state index contributed by atoms with van der Waals surface area (Å²) in [5.41, 5.74) is 2.72. The Morgan fingerprint density at radius 1 is 1.25 bits per heavy atom. The Kier molecular flexibility index (Phi) is 6.24. The first-order valence-corrected chi connectivity index (χ1v) is 9.04. The summed E-state index contributed by atoms with van der Waals surface area (Å²) in [4.78, 5) is 16.9. The minimum Gasteiger partial charge on any atom is -0.395 e. The van der Waals surface area contributed by atoms with Gasteiger partial charge in [0.2, 0.25) is 5.91 Å². The van der Waals surface area contributed by atoms with Crippen molar-refractivity contribution in [2.24, 2.45) is 0 Å². The molecule has 1 amide bonds. The van der Waals surface area contributed by atoms with Gasteiger partial charge in [-0.05, 0) is 29.9 Å². The van der Waals surface area contributed by atoms with E-state index in [1.807, 2.05) is 4.90 Å². The Hall–Kier alpha value is -1.43. The number of rotatable bonds is 7. The van der Waals surface area contributed by atoms with Crippen LogP contribution >= 0.6 is 0 Å². The number of hydrogen-bond acceptors (Lipinski definition) is 4. The number of hydrogen-bond donors (Lipinski definition) is 1. The maximum atomic E-state index is 12.7. The monoisotopic (exact) mass is 332 g/mol. The standard InChI is InChI=1S/C19H28N2O3/c22-12-9-21(8-7-20-10-13-24-14-11-20)19(23)15-17-6-5-16-3-1-2-4-18(16)17/h1-4,17,22H,5-15H2. The SMILES string of the molecule is O=C(CC1CCc2ccccc21)N(CCO)CCN1CCOCC1. The summed E-state index contributed by atoms with van der Waals surface area (Å²) in [5.74, 6) is 0.497. The molecule has 1 aromatic rings. The van der Waals surface area contributed by atoms with Crippen molar-refractivity contribution < 1.29 is 14.6 Å². The predicted molar refractivity (Wildman–Crippen MR) is 93.0 cm³/mol. The topological polar surface area (TPSA) is 53.0 Å². The molecule has 132 valence electrons. The highest BCUT2D eigenvalue weighted by Gasteiger charge is 2.26. The van der Waals surface area contributed by atoms with Crippen molar-refractivity contribution in [1.82, 2.24) is 9.80 Å². The van der Waals surface area contributed by atoms with E-state index in [0.717, 1.165) is 45.7 Å². The number of fused-ring (bicyclic) bond motifs is 1. The van der Waals surface area contributed by atoms with Gasteiger partial charge < -0.3 is 14.7 Å². The maximum Gasteiger partial charge on any atom is 0.223 e. The van der Waals surface area contributed by atoms with E-state index < -0.39 is 0 Å². The van der Waals surface area contributed by atoms with Crippen LogP contribution in [-0.2, 0) is 16.0 Å². The van der Waals surface area contributed by atoms with Crippen LogP contribution in [0.15, 0.2) is 24.3 Å². The van der Waals surface area contributed by atoms with E-state index >= 15 is 0 Å². The molecule has 1 aliphatic heterocycles. The maximum absolute atomic E-state index is 12.7. The number of aliphatic hydroxyl groups is 1. The molecule has 0 bridgehead atoms. The fourth-order valence-corrected chi connectivity index (χ4v) is 3.77. The van der Waals surface area contributed by atoms with Gasteiger partial charge in [-0.15, -0.1) is 0 Å².